The topological polar surface area (TPSA) is 57.3 Å². The van der Waals surface area contributed by atoms with Crippen LogP contribution in [0.25, 0.3) is 0 Å². The van der Waals surface area contributed by atoms with E-state index < -0.39 is 0 Å². The number of methoxy groups -OCH3 is 1. The maximum Gasteiger partial charge on any atom is 0.151 e. The maximum absolute atomic E-state index is 10.6. The summed E-state index contributed by atoms with van der Waals surface area (Å²) in [6.45, 7) is 6.86. The Kier molecular flexibility index (Phi) is 6.36. The van der Waals surface area contributed by atoms with Crippen LogP contribution in [-0.2, 0) is 23.7 Å². The van der Waals surface area contributed by atoms with Gasteiger partial charge >= 0.3 is 0 Å². The van der Waals surface area contributed by atoms with Crippen molar-refractivity contribution in [3.05, 3.63) is 12.7 Å². The zero-order chi connectivity index (χ0) is 12.7. The van der Waals surface area contributed by atoms with Crippen molar-refractivity contribution in [1.29, 1.82) is 0 Å². The lowest BCUT2D eigenvalue weighted by atomic mass is 10.0. The number of epoxide rings is 1. The van der Waals surface area contributed by atoms with Crippen LogP contribution in [0.3, 0.4) is 0 Å². The minimum Gasteiger partial charge on any atom is -0.382 e. The third kappa shape index (κ3) is 4.55. The molecule has 0 saturated carbocycles. The standard InChI is InChI=1S/C12H20O5/c1-4-9(2)11(12-10(7-13)17-12)16-8-15-6-5-14-3/h4,7,9-12H,1,5-6,8H2,2-3H3/t9-,10-,11+,12-/m1/s1. The van der Waals surface area contributed by atoms with Crippen molar-refractivity contribution in [2.45, 2.75) is 25.2 Å². The summed E-state index contributed by atoms with van der Waals surface area (Å²) in [5, 5.41) is 0. The molecular formula is C12H20O5. The maximum atomic E-state index is 10.6. The molecule has 0 aromatic heterocycles. The summed E-state index contributed by atoms with van der Waals surface area (Å²) in [5.74, 6) is 0.107. The van der Waals surface area contributed by atoms with E-state index in [1.807, 2.05) is 6.92 Å². The van der Waals surface area contributed by atoms with E-state index in [-0.39, 0.29) is 31.0 Å². The summed E-state index contributed by atoms with van der Waals surface area (Å²) >= 11 is 0. The quantitative estimate of drug-likeness (QED) is 0.187. The fraction of sp³-hybridized carbons (Fsp3) is 0.750. The number of carbonyl (C=O) groups is 1. The van der Waals surface area contributed by atoms with Crippen LogP contribution in [0.5, 0.6) is 0 Å². The van der Waals surface area contributed by atoms with Crippen molar-refractivity contribution in [2.75, 3.05) is 27.1 Å². The molecule has 0 amide bonds. The predicted molar refractivity (Wildman–Crippen MR) is 61.7 cm³/mol. The van der Waals surface area contributed by atoms with Gasteiger partial charge in [0.2, 0.25) is 0 Å². The molecule has 0 unspecified atom stereocenters. The largest absolute Gasteiger partial charge is 0.382 e. The highest BCUT2D eigenvalue weighted by atomic mass is 16.7. The van der Waals surface area contributed by atoms with Crippen LogP contribution in [0, 0.1) is 5.92 Å². The van der Waals surface area contributed by atoms with Crippen LogP contribution in [0.15, 0.2) is 12.7 Å². The molecule has 1 heterocycles. The van der Waals surface area contributed by atoms with Crippen molar-refractivity contribution < 1.29 is 23.7 Å². The van der Waals surface area contributed by atoms with E-state index in [1.54, 1.807) is 13.2 Å². The van der Waals surface area contributed by atoms with Crippen molar-refractivity contribution in [2.24, 2.45) is 5.92 Å². The Morgan fingerprint density at radius 1 is 1.47 bits per heavy atom. The van der Waals surface area contributed by atoms with Crippen molar-refractivity contribution >= 4 is 6.29 Å². The van der Waals surface area contributed by atoms with Crippen LogP contribution in [0.4, 0.5) is 0 Å². The first kappa shape index (κ1) is 14.3. The molecule has 5 heteroatoms. The number of aldehydes is 1. The molecule has 98 valence electrons. The normalized spacial score (nSPS) is 26.2. The summed E-state index contributed by atoms with van der Waals surface area (Å²) in [5.41, 5.74) is 0. The zero-order valence-electron chi connectivity index (χ0n) is 10.3. The molecule has 0 aromatic carbocycles. The average molecular weight is 244 g/mol. The van der Waals surface area contributed by atoms with Gasteiger partial charge in [-0.15, -0.1) is 6.58 Å². The van der Waals surface area contributed by atoms with E-state index in [0.717, 1.165) is 6.29 Å². The van der Waals surface area contributed by atoms with Gasteiger partial charge in [0.1, 0.15) is 19.0 Å². The number of ether oxygens (including phenoxy) is 4. The molecule has 0 aliphatic carbocycles. The summed E-state index contributed by atoms with van der Waals surface area (Å²) in [6, 6.07) is 0. The van der Waals surface area contributed by atoms with Crippen LogP contribution < -0.4 is 0 Å². The minimum absolute atomic E-state index is 0.107. The highest BCUT2D eigenvalue weighted by Crippen LogP contribution is 2.30. The predicted octanol–water partition coefficient (Wildman–Crippen LogP) is 0.780. The lowest BCUT2D eigenvalue weighted by Gasteiger charge is -2.20. The molecule has 1 saturated heterocycles. The van der Waals surface area contributed by atoms with E-state index >= 15 is 0 Å². The second-order valence-electron chi connectivity index (χ2n) is 3.95. The highest BCUT2D eigenvalue weighted by Gasteiger charge is 2.47. The molecule has 1 aliphatic heterocycles. The number of hydrogen-bond acceptors (Lipinski definition) is 5. The first-order valence-electron chi connectivity index (χ1n) is 5.66. The molecule has 0 aromatic rings. The third-order valence-electron chi connectivity index (χ3n) is 2.69. The smallest absolute Gasteiger partial charge is 0.151 e. The SMILES string of the molecule is C=C[C@@H](C)[C@H](OCOCCOC)[C@@H]1O[C@@H]1C=O. The summed E-state index contributed by atoms with van der Waals surface area (Å²) in [7, 11) is 1.61. The molecule has 0 radical (unpaired) electrons. The first-order chi connectivity index (χ1) is 8.24. The second-order valence-corrected chi connectivity index (χ2v) is 3.95. The Labute approximate surface area is 102 Å². The number of rotatable bonds is 10. The molecule has 0 bridgehead atoms. The molecule has 4 atom stereocenters. The lowest BCUT2D eigenvalue weighted by molar-refractivity contribution is -0.113. The van der Waals surface area contributed by atoms with Crippen LogP contribution in [0.2, 0.25) is 0 Å². The van der Waals surface area contributed by atoms with Gasteiger partial charge in [-0.05, 0) is 0 Å². The summed E-state index contributed by atoms with van der Waals surface area (Å²) < 4.78 is 20.8. The molecule has 17 heavy (non-hydrogen) atoms. The van der Waals surface area contributed by atoms with Crippen LogP contribution >= 0.6 is 0 Å². The molecular weight excluding hydrogens is 224 g/mol. The molecule has 1 fully saturated rings. The molecule has 0 N–H and O–H groups in total. The van der Waals surface area contributed by atoms with Crippen LogP contribution in [0.1, 0.15) is 6.92 Å². The van der Waals surface area contributed by atoms with Gasteiger partial charge in [-0.1, -0.05) is 13.0 Å². The monoisotopic (exact) mass is 244 g/mol. The van der Waals surface area contributed by atoms with Gasteiger partial charge in [-0.3, -0.25) is 0 Å². The van der Waals surface area contributed by atoms with E-state index in [2.05, 4.69) is 6.58 Å². The van der Waals surface area contributed by atoms with Crippen molar-refractivity contribution in [3.63, 3.8) is 0 Å². The Balaban J connectivity index is 2.27. The third-order valence-corrected chi connectivity index (χ3v) is 2.69. The number of hydrogen-bond donors (Lipinski definition) is 0. The fourth-order valence-electron chi connectivity index (χ4n) is 1.52. The van der Waals surface area contributed by atoms with Gasteiger partial charge in [-0.2, -0.15) is 0 Å². The molecule has 0 spiro atoms. The summed E-state index contributed by atoms with van der Waals surface area (Å²) in [4.78, 5) is 10.6. The highest BCUT2D eigenvalue weighted by molar-refractivity contribution is 5.61. The Morgan fingerprint density at radius 3 is 2.76 bits per heavy atom. The Bertz CT molecular complexity index is 243. The Morgan fingerprint density at radius 2 is 2.24 bits per heavy atom. The van der Waals surface area contributed by atoms with E-state index in [0.29, 0.717) is 13.2 Å². The average Bonchev–Trinajstić information content (AvgIpc) is 3.12. The van der Waals surface area contributed by atoms with Gasteiger partial charge in [0, 0.05) is 13.0 Å². The zero-order valence-corrected chi connectivity index (χ0v) is 10.3. The lowest BCUT2D eigenvalue weighted by Crippen LogP contribution is -2.29. The molecule has 1 rings (SSSR count). The van der Waals surface area contributed by atoms with Crippen molar-refractivity contribution in [1.82, 2.24) is 0 Å². The van der Waals surface area contributed by atoms with E-state index in [9.17, 15) is 4.79 Å². The fourth-order valence-corrected chi connectivity index (χ4v) is 1.52. The van der Waals surface area contributed by atoms with Gasteiger partial charge < -0.3 is 23.7 Å². The first-order valence-corrected chi connectivity index (χ1v) is 5.66. The molecule has 1 aliphatic rings. The Hall–Kier alpha value is -0.750. The number of carbonyl (C=O) groups excluding carboxylic acids is 1. The van der Waals surface area contributed by atoms with Gasteiger partial charge in [0.05, 0.1) is 19.3 Å². The summed E-state index contributed by atoms with van der Waals surface area (Å²) in [6.07, 6.45) is 1.87. The second kappa shape index (κ2) is 7.55. The van der Waals surface area contributed by atoms with E-state index in [4.69, 9.17) is 18.9 Å². The van der Waals surface area contributed by atoms with Gasteiger partial charge in [-0.25, -0.2) is 0 Å². The van der Waals surface area contributed by atoms with Crippen LogP contribution in [-0.4, -0.2) is 51.7 Å². The van der Waals surface area contributed by atoms with E-state index in [1.165, 1.54) is 0 Å². The van der Waals surface area contributed by atoms with Gasteiger partial charge in [0.25, 0.3) is 0 Å². The molecule has 5 nitrogen and oxygen atoms in total. The van der Waals surface area contributed by atoms with Crippen molar-refractivity contribution in [3.8, 4) is 0 Å². The van der Waals surface area contributed by atoms with Gasteiger partial charge in [0.15, 0.2) is 6.29 Å². The minimum atomic E-state index is -0.346.